The smallest absolute Gasteiger partial charge is 0.251 e. The number of hydrogen-bond donors (Lipinski definition) is 3. The molecule has 2 fully saturated rings. The van der Waals surface area contributed by atoms with Crippen molar-refractivity contribution < 1.29 is 14.6 Å². The van der Waals surface area contributed by atoms with Gasteiger partial charge in [0.1, 0.15) is 0 Å². The van der Waals surface area contributed by atoms with E-state index in [0.29, 0.717) is 11.6 Å². The van der Waals surface area contributed by atoms with Crippen molar-refractivity contribution in [2.75, 3.05) is 5.32 Å². The largest absolute Gasteiger partial charge is 0.488 e. The first-order chi connectivity index (χ1) is 16.6. The van der Waals surface area contributed by atoms with Gasteiger partial charge >= 0.3 is 0 Å². The van der Waals surface area contributed by atoms with Gasteiger partial charge in [0.15, 0.2) is 10.9 Å². The fourth-order valence-corrected chi connectivity index (χ4v) is 5.58. The van der Waals surface area contributed by atoms with Gasteiger partial charge in [0.25, 0.3) is 5.91 Å². The van der Waals surface area contributed by atoms with Crippen LogP contribution in [0.2, 0.25) is 0 Å². The second-order valence-corrected chi connectivity index (χ2v) is 10.6. The van der Waals surface area contributed by atoms with E-state index in [-0.39, 0.29) is 12.0 Å². The number of rotatable bonds is 7. The quantitative estimate of drug-likeness (QED) is 0.405. The van der Waals surface area contributed by atoms with Gasteiger partial charge < -0.3 is 20.5 Å². The van der Waals surface area contributed by atoms with Gasteiger partial charge in [0.05, 0.1) is 23.6 Å². The number of aryl methyl sites for hydroxylation is 1. The minimum Gasteiger partial charge on any atom is -0.488 e. The molecule has 3 aromatic rings. The Balaban J connectivity index is 1.30. The first-order valence-corrected chi connectivity index (χ1v) is 13.1. The summed E-state index contributed by atoms with van der Waals surface area (Å²) in [6, 6.07) is 14.2. The number of hydrogen-bond acceptors (Lipinski definition) is 6. The molecule has 0 radical (unpaired) electrons. The number of para-hydroxylation sites is 1. The number of benzene rings is 2. The molecule has 1 atom stereocenters. The number of fused-ring (bicyclic) bond motifs is 1. The molecule has 6 nitrogen and oxygen atoms in total. The molecule has 1 amide bonds. The van der Waals surface area contributed by atoms with E-state index in [0.717, 1.165) is 78.3 Å². The zero-order valence-corrected chi connectivity index (χ0v) is 19.9. The highest BCUT2D eigenvalue weighted by Gasteiger charge is 2.26. The van der Waals surface area contributed by atoms with Gasteiger partial charge in [-0.25, -0.2) is 4.98 Å². The minimum atomic E-state index is -0.469. The summed E-state index contributed by atoms with van der Waals surface area (Å²) in [6.45, 7) is 0. The third-order valence-corrected chi connectivity index (χ3v) is 7.93. The third-order valence-electron chi connectivity index (χ3n) is 6.89. The van der Waals surface area contributed by atoms with Crippen LogP contribution in [0.1, 0.15) is 72.0 Å². The summed E-state index contributed by atoms with van der Waals surface area (Å²) in [6.07, 6.45) is 7.96. The van der Waals surface area contributed by atoms with Crippen LogP contribution in [0.4, 0.5) is 10.8 Å². The van der Waals surface area contributed by atoms with Crippen molar-refractivity contribution in [1.82, 2.24) is 10.3 Å². The van der Waals surface area contributed by atoms with E-state index in [9.17, 15) is 9.90 Å². The second kappa shape index (κ2) is 9.04. The number of nitrogens with one attached hydrogen (secondary N) is 2. The Kier molecular flexibility index (Phi) is 5.75. The van der Waals surface area contributed by atoms with Crippen molar-refractivity contribution in [2.24, 2.45) is 0 Å². The number of carbonyl (C=O) groups excluding carboxylic acids is 1. The maximum absolute atomic E-state index is 12.4. The molecule has 2 saturated carbocycles. The Morgan fingerprint density at radius 1 is 1.03 bits per heavy atom. The molecular weight excluding hydrogens is 446 g/mol. The summed E-state index contributed by atoms with van der Waals surface area (Å²) in [5.41, 5.74) is 4.37. The van der Waals surface area contributed by atoms with E-state index < -0.39 is 6.10 Å². The molecule has 1 unspecified atom stereocenters. The van der Waals surface area contributed by atoms with E-state index in [1.54, 1.807) is 11.3 Å². The van der Waals surface area contributed by atoms with Crippen LogP contribution in [0, 0.1) is 0 Å². The number of anilines is 2. The number of thiazole rings is 1. The molecule has 7 heteroatoms. The van der Waals surface area contributed by atoms with Crippen molar-refractivity contribution in [2.45, 2.75) is 69.6 Å². The third kappa shape index (κ3) is 4.42. The van der Waals surface area contributed by atoms with Crippen LogP contribution >= 0.6 is 11.3 Å². The number of ether oxygens (including phenoxy) is 1. The van der Waals surface area contributed by atoms with E-state index in [4.69, 9.17) is 9.72 Å². The van der Waals surface area contributed by atoms with Gasteiger partial charge in [-0.1, -0.05) is 24.3 Å². The lowest BCUT2D eigenvalue weighted by atomic mass is 9.95. The highest BCUT2D eigenvalue weighted by molar-refractivity contribution is 7.15. The molecule has 6 rings (SSSR count). The van der Waals surface area contributed by atoms with Crippen molar-refractivity contribution >= 4 is 28.1 Å². The lowest BCUT2D eigenvalue weighted by Gasteiger charge is -2.29. The van der Waals surface area contributed by atoms with Crippen molar-refractivity contribution in [3.8, 4) is 16.9 Å². The first kappa shape index (κ1) is 21.6. The summed E-state index contributed by atoms with van der Waals surface area (Å²) in [4.78, 5) is 18.3. The maximum atomic E-state index is 12.4. The molecule has 3 N–H and O–H groups in total. The van der Waals surface area contributed by atoms with Gasteiger partial charge in [-0.2, -0.15) is 0 Å². The fraction of sp³-hybridized carbons (Fsp3) is 0.407. The van der Waals surface area contributed by atoms with Crippen molar-refractivity contribution in [3.05, 3.63) is 58.6 Å². The number of amides is 1. The second-order valence-electron chi connectivity index (χ2n) is 9.54. The van der Waals surface area contributed by atoms with Crippen LogP contribution in [0.5, 0.6) is 5.75 Å². The summed E-state index contributed by atoms with van der Waals surface area (Å²) in [5, 5.41) is 17.6. The van der Waals surface area contributed by atoms with E-state index in [1.165, 1.54) is 11.3 Å². The van der Waals surface area contributed by atoms with E-state index >= 15 is 0 Å². The molecule has 0 aliphatic heterocycles. The number of carbonyl (C=O) groups is 1. The van der Waals surface area contributed by atoms with Crippen molar-refractivity contribution in [3.63, 3.8) is 0 Å². The number of nitrogens with zero attached hydrogens (tertiary/aromatic N) is 1. The standard InChI is InChI=1S/C27H29N3O3S/c31-22-8-3-9-23-24(22)30-27(34-23)29-21-7-2-6-20(25(21)33-19-4-1-5-19)16-10-12-17(13-11-16)26(32)28-18-14-15-18/h2,6-7,10-13,18-19,22,31H,1,3-5,8-9,14-15H2,(H,28,32)(H,29,30). The normalized spacial score (nSPS) is 19.7. The number of aliphatic hydroxyl groups is 1. The van der Waals surface area contributed by atoms with Gasteiger partial charge in [-0.05, 0) is 75.1 Å². The average molecular weight is 476 g/mol. The molecular formula is C27H29N3O3S. The summed E-state index contributed by atoms with van der Waals surface area (Å²) < 4.78 is 6.49. The lowest BCUT2D eigenvalue weighted by molar-refractivity contribution is 0.0951. The Morgan fingerprint density at radius 3 is 2.56 bits per heavy atom. The molecule has 0 bridgehead atoms. The molecule has 34 heavy (non-hydrogen) atoms. The highest BCUT2D eigenvalue weighted by Crippen LogP contribution is 2.42. The number of aromatic nitrogens is 1. The molecule has 0 saturated heterocycles. The van der Waals surface area contributed by atoms with Crippen molar-refractivity contribution in [1.29, 1.82) is 0 Å². The fourth-order valence-electron chi connectivity index (χ4n) is 4.51. The van der Waals surface area contributed by atoms with Gasteiger partial charge in [0, 0.05) is 22.0 Å². The monoisotopic (exact) mass is 475 g/mol. The van der Waals surface area contributed by atoms with Crippen LogP contribution < -0.4 is 15.4 Å². The average Bonchev–Trinajstić information content (AvgIpc) is 3.53. The van der Waals surface area contributed by atoms with Crippen LogP contribution in [0.3, 0.4) is 0 Å². The summed E-state index contributed by atoms with van der Waals surface area (Å²) in [7, 11) is 0. The summed E-state index contributed by atoms with van der Waals surface area (Å²) in [5.74, 6) is 0.807. The Morgan fingerprint density at radius 2 is 1.85 bits per heavy atom. The zero-order chi connectivity index (χ0) is 23.1. The predicted octanol–water partition coefficient (Wildman–Crippen LogP) is 5.75. The SMILES string of the molecule is O=C(NC1CC1)c1ccc(-c2cccc(Nc3nc4c(s3)CCCC4O)c2OC2CCC2)cc1. The van der Waals surface area contributed by atoms with Gasteiger partial charge in [-0.3, -0.25) is 4.79 Å². The molecule has 0 spiro atoms. The van der Waals surface area contributed by atoms with Crippen LogP contribution in [0.25, 0.3) is 11.1 Å². The summed E-state index contributed by atoms with van der Waals surface area (Å²) >= 11 is 1.62. The molecule has 1 aromatic heterocycles. The predicted molar refractivity (Wildman–Crippen MR) is 134 cm³/mol. The molecule has 3 aliphatic rings. The zero-order valence-electron chi connectivity index (χ0n) is 19.0. The van der Waals surface area contributed by atoms with Gasteiger partial charge in [-0.15, -0.1) is 11.3 Å². The minimum absolute atomic E-state index is 0.00895. The molecule has 2 aromatic carbocycles. The lowest BCUT2D eigenvalue weighted by Crippen LogP contribution is -2.25. The van der Waals surface area contributed by atoms with Crippen LogP contribution in [0.15, 0.2) is 42.5 Å². The maximum Gasteiger partial charge on any atom is 0.251 e. The Hall–Kier alpha value is -2.90. The Labute approximate surface area is 203 Å². The van der Waals surface area contributed by atoms with Gasteiger partial charge in [0.2, 0.25) is 0 Å². The van der Waals surface area contributed by atoms with Crippen LogP contribution in [-0.2, 0) is 6.42 Å². The molecule has 1 heterocycles. The van der Waals surface area contributed by atoms with Crippen LogP contribution in [-0.4, -0.2) is 28.1 Å². The Bertz CT molecular complexity index is 1200. The first-order valence-electron chi connectivity index (χ1n) is 12.3. The molecule has 3 aliphatic carbocycles. The number of aliphatic hydroxyl groups excluding tert-OH is 1. The van der Waals surface area contributed by atoms with E-state index in [1.807, 2.05) is 36.4 Å². The highest BCUT2D eigenvalue weighted by atomic mass is 32.1. The van der Waals surface area contributed by atoms with E-state index in [2.05, 4.69) is 16.7 Å². The topological polar surface area (TPSA) is 83.5 Å². The molecule has 176 valence electrons.